The van der Waals surface area contributed by atoms with Crippen molar-refractivity contribution >= 4 is 33.2 Å². The number of benzene rings is 1. The minimum atomic E-state index is -3.69. The maximum Gasteiger partial charge on any atom is 0.280 e. The Bertz CT molecular complexity index is 1170. The maximum absolute atomic E-state index is 12.6. The second-order valence-corrected chi connectivity index (χ2v) is 9.79. The summed E-state index contributed by atoms with van der Waals surface area (Å²) in [5.41, 5.74) is 2.35. The number of amides is 2. The molecule has 0 atom stereocenters. The highest BCUT2D eigenvalue weighted by atomic mass is 32.2. The molecule has 0 radical (unpaired) electrons. The van der Waals surface area contributed by atoms with Crippen molar-refractivity contribution in [3.8, 4) is 0 Å². The van der Waals surface area contributed by atoms with Gasteiger partial charge in [0.2, 0.25) is 10.0 Å². The summed E-state index contributed by atoms with van der Waals surface area (Å²) in [4.78, 5) is 30.5. The monoisotopic (exact) mass is 427 g/mol. The van der Waals surface area contributed by atoms with Gasteiger partial charge in [0.25, 0.3) is 11.8 Å². The lowest BCUT2D eigenvalue weighted by atomic mass is 10.2. The van der Waals surface area contributed by atoms with Crippen LogP contribution < -0.4 is 4.72 Å². The highest BCUT2D eigenvalue weighted by Gasteiger charge is 2.36. The third kappa shape index (κ3) is 3.84. The smallest absolute Gasteiger partial charge is 0.268 e. The number of nitrogens with zero attached hydrogens (tertiary/aromatic N) is 2. The fraction of sp³-hybridized carbons (Fsp3) is 0.150. The lowest BCUT2D eigenvalue weighted by Gasteiger charge is -2.11. The van der Waals surface area contributed by atoms with E-state index in [0.717, 1.165) is 27.4 Å². The van der Waals surface area contributed by atoms with Crippen molar-refractivity contribution < 1.29 is 18.0 Å². The van der Waals surface area contributed by atoms with Crippen LogP contribution in [0.3, 0.4) is 0 Å². The summed E-state index contributed by atoms with van der Waals surface area (Å²) in [6.07, 6.45) is 1.46. The predicted molar refractivity (Wildman–Crippen MR) is 108 cm³/mol. The van der Waals surface area contributed by atoms with E-state index in [9.17, 15) is 18.0 Å². The molecule has 1 aromatic carbocycles. The van der Waals surface area contributed by atoms with Gasteiger partial charge in [-0.15, -0.1) is 11.3 Å². The molecule has 2 amide bonds. The first-order chi connectivity index (χ1) is 13.8. The molecular weight excluding hydrogens is 410 g/mol. The summed E-state index contributed by atoms with van der Waals surface area (Å²) in [5.74, 6) is -0.894. The second kappa shape index (κ2) is 7.51. The van der Waals surface area contributed by atoms with E-state index in [2.05, 4.69) is 9.71 Å². The predicted octanol–water partition coefficient (Wildman–Crippen LogP) is 2.73. The van der Waals surface area contributed by atoms with Gasteiger partial charge in [-0.2, -0.15) is 0 Å². The van der Waals surface area contributed by atoms with Crippen molar-refractivity contribution in [2.24, 2.45) is 0 Å². The van der Waals surface area contributed by atoms with Gasteiger partial charge in [-0.25, -0.2) is 13.1 Å². The van der Waals surface area contributed by atoms with E-state index in [4.69, 9.17) is 0 Å². The van der Waals surface area contributed by atoms with E-state index in [1.807, 2.05) is 31.2 Å². The lowest BCUT2D eigenvalue weighted by Crippen LogP contribution is -2.28. The number of hydrogen-bond acceptors (Lipinski definition) is 6. The molecule has 0 unspecified atom stereocenters. The number of fused-ring (bicyclic) bond motifs is 1. The molecule has 1 aliphatic heterocycles. The fourth-order valence-corrected chi connectivity index (χ4v) is 5.36. The van der Waals surface area contributed by atoms with E-state index < -0.39 is 21.8 Å². The first-order valence-electron chi connectivity index (χ1n) is 8.80. The van der Waals surface area contributed by atoms with Crippen molar-refractivity contribution in [1.82, 2.24) is 14.6 Å². The molecule has 9 heteroatoms. The highest BCUT2D eigenvalue weighted by Crippen LogP contribution is 2.27. The van der Waals surface area contributed by atoms with Crippen LogP contribution in [-0.4, -0.2) is 30.1 Å². The van der Waals surface area contributed by atoms with Crippen LogP contribution in [0.2, 0.25) is 0 Å². The van der Waals surface area contributed by atoms with Crippen LogP contribution in [0.5, 0.6) is 0 Å². The topological polar surface area (TPSA) is 96.4 Å². The van der Waals surface area contributed by atoms with Crippen LogP contribution in [0.4, 0.5) is 0 Å². The highest BCUT2D eigenvalue weighted by molar-refractivity contribution is 7.91. The molecule has 1 aliphatic rings. The second-order valence-electron chi connectivity index (χ2n) is 6.63. The van der Waals surface area contributed by atoms with Crippen molar-refractivity contribution in [2.45, 2.75) is 24.2 Å². The summed E-state index contributed by atoms with van der Waals surface area (Å²) >= 11 is 1.03. The quantitative estimate of drug-likeness (QED) is 0.610. The molecule has 0 saturated heterocycles. The number of aromatic nitrogens is 1. The van der Waals surface area contributed by atoms with E-state index in [0.29, 0.717) is 4.88 Å². The Balaban J connectivity index is 1.46. The number of hydrogen-bond donors (Lipinski definition) is 1. The zero-order valence-electron chi connectivity index (χ0n) is 15.5. The van der Waals surface area contributed by atoms with E-state index >= 15 is 0 Å². The number of imide groups is 1. The fourth-order valence-electron chi connectivity index (χ4n) is 2.96. The van der Waals surface area contributed by atoms with E-state index in [1.54, 1.807) is 18.2 Å². The molecule has 2 aromatic heterocycles. The average molecular weight is 428 g/mol. The first kappa shape index (κ1) is 19.4. The molecule has 3 aromatic rings. The Hall–Kier alpha value is -2.88. The summed E-state index contributed by atoms with van der Waals surface area (Å²) < 4.78 is 27.9. The van der Waals surface area contributed by atoms with Crippen LogP contribution in [0.25, 0.3) is 0 Å². The van der Waals surface area contributed by atoms with Crippen molar-refractivity contribution in [3.63, 3.8) is 0 Å². The van der Waals surface area contributed by atoms with Crippen LogP contribution in [0.1, 0.15) is 36.9 Å². The number of carbonyl (C=O) groups excluding carboxylic acids is 2. The number of rotatable bonds is 6. The van der Waals surface area contributed by atoms with Gasteiger partial charge in [-0.3, -0.25) is 19.5 Å². The number of sulfonamides is 1. The molecule has 29 heavy (non-hydrogen) atoms. The molecule has 1 N–H and O–H groups in total. The molecule has 0 spiro atoms. The summed E-state index contributed by atoms with van der Waals surface area (Å²) in [5, 5.41) is 0. The minimum absolute atomic E-state index is 0.00613. The largest absolute Gasteiger partial charge is 0.280 e. The summed E-state index contributed by atoms with van der Waals surface area (Å²) in [6, 6.07) is 13.8. The molecular formula is C20H17N3O4S2. The Morgan fingerprint density at radius 2 is 1.79 bits per heavy atom. The molecule has 0 aliphatic carbocycles. The normalized spacial score (nSPS) is 13.8. The lowest BCUT2D eigenvalue weighted by molar-refractivity contribution is 0.0642. The van der Waals surface area contributed by atoms with Gasteiger partial charge in [-0.1, -0.05) is 29.8 Å². The number of thiophene rings is 1. The average Bonchev–Trinajstić information content (AvgIpc) is 3.28. The van der Waals surface area contributed by atoms with Gasteiger partial charge >= 0.3 is 0 Å². The minimum Gasteiger partial charge on any atom is -0.268 e. The zero-order chi connectivity index (χ0) is 20.6. The Labute approximate surface area is 172 Å². The summed E-state index contributed by atoms with van der Waals surface area (Å²) in [6.45, 7) is 2.15. The van der Waals surface area contributed by atoms with Gasteiger partial charge in [-0.05, 0) is 36.8 Å². The maximum atomic E-state index is 12.6. The van der Waals surface area contributed by atoms with Gasteiger partial charge in [0.15, 0.2) is 0 Å². The summed E-state index contributed by atoms with van der Waals surface area (Å²) in [7, 11) is -3.69. The van der Waals surface area contributed by atoms with Crippen molar-refractivity contribution in [2.75, 3.05) is 0 Å². The molecule has 0 bridgehead atoms. The van der Waals surface area contributed by atoms with Crippen molar-refractivity contribution in [1.29, 1.82) is 0 Å². The molecule has 148 valence electrons. The number of nitrogens with one attached hydrogen (secondary N) is 1. The van der Waals surface area contributed by atoms with Crippen LogP contribution in [0.15, 0.2) is 58.9 Å². The zero-order valence-corrected chi connectivity index (χ0v) is 17.1. The SMILES string of the molecule is Cc1ccc(CNS(=O)(=O)c2ccc(CN3C(=O)c4cccnc4C3=O)s2)cc1. The Morgan fingerprint density at radius 3 is 2.52 bits per heavy atom. The number of aryl methyl sites for hydroxylation is 1. The van der Waals surface area contributed by atoms with Gasteiger partial charge in [0.05, 0.1) is 12.1 Å². The van der Waals surface area contributed by atoms with E-state index in [-0.39, 0.29) is 28.6 Å². The van der Waals surface area contributed by atoms with Crippen LogP contribution in [-0.2, 0) is 23.1 Å². The first-order valence-corrected chi connectivity index (χ1v) is 11.1. The van der Waals surface area contributed by atoms with E-state index in [1.165, 1.54) is 12.3 Å². The van der Waals surface area contributed by atoms with Gasteiger partial charge < -0.3 is 0 Å². The molecule has 3 heterocycles. The standard InChI is InChI=1S/C20H17N3O4S2/c1-13-4-6-14(7-5-13)11-22-29(26,27)17-9-8-15(28-17)12-23-19(24)16-3-2-10-21-18(16)20(23)25/h2-10,22H,11-12H2,1H3. The third-order valence-corrected chi connectivity index (χ3v) is 7.50. The Morgan fingerprint density at radius 1 is 1.03 bits per heavy atom. The molecule has 7 nitrogen and oxygen atoms in total. The molecule has 0 fully saturated rings. The van der Waals surface area contributed by atoms with Gasteiger partial charge in [0.1, 0.15) is 9.90 Å². The number of carbonyl (C=O) groups is 2. The third-order valence-electron chi connectivity index (χ3n) is 4.53. The van der Waals surface area contributed by atoms with Crippen molar-refractivity contribution in [3.05, 3.63) is 82.0 Å². The number of pyridine rings is 1. The van der Waals surface area contributed by atoms with Gasteiger partial charge in [0, 0.05) is 17.6 Å². The Kier molecular flexibility index (Phi) is 5.03. The van der Waals surface area contributed by atoms with Crippen LogP contribution >= 0.6 is 11.3 Å². The van der Waals surface area contributed by atoms with Crippen LogP contribution in [0, 0.1) is 6.92 Å². The molecule has 0 saturated carbocycles. The molecule has 4 rings (SSSR count).